The van der Waals surface area contributed by atoms with Crippen molar-refractivity contribution in [1.29, 1.82) is 0 Å². The van der Waals surface area contributed by atoms with E-state index in [2.05, 4.69) is 36.4 Å². The van der Waals surface area contributed by atoms with Crippen molar-refractivity contribution in [3.8, 4) is 11.4 Å². The molecule has 0 bridgehead atoms. The highest BCUT2D eigenvalue weighted by Crippen LogP contribution is 2.21. The molecule has 0 unspecified atom stereocenters. The lowest BCUT2D eigenvalue weighted by Crippen LogP contribution is -2.12. The largest absolute Gasteiger partial charge is 0.289 e. The Bertz CT molecular complexity index is 1070. The standard InChI is InChI=1S/C19H13BrN4O/c20-16-7-3-6-14(11-16)17-21-19(24-23-17)22-18(25)15-9-8-12-4-1-2-5-13(12)10-15/h1-11H,(H2,21,22,23,24,25). The number of hydrogen-bond donors (Lipinski definition) is 2. The molecule has 0 saturated heterocycles. The Morgan fingerprint density at radius 3 is 2.64 bits per heavy atom. The molecule has 1 amide bonds. The van der Waals surface area contributed by atoms with Crippen LogP contribution in [0.15, 0.2) is 71.2 Å². The van der Waals surface area contributed by atoms with E-state index in [1.165, 1.54) is 0 Å². The van der Waals surface area contributed by atoms with Gasteiger partial charge in [0.05, 0.1) is 0 Å². The molecule has 1 aromatic heterocycles. The third-order valence-corrected chi connectivity index (χ3v) is 4.31. The first-order chi connectivity index (χ1) is 12.2. The van der Waals surface area contributed by atoms with E-state index in [1.54, 1.807) is 6.07 Å². The maximum atomic E-state index is 12.4. The Kier molecular flexibility index (Phi) is 4.03. The van der Waals surface area contributed by atoms with E-state index in [0.717, 1.165) is 20.8 Å². The summed E-state index contributed by atoms with van der Waals surface area (Å²) in [5.41, 5.74) is 1.44. The molecular formula is C19H13BrN4O. The van der Waals surface area contributed by atoms with Crippen molar-refractivity contribution in [3.05, 3.63) is 76.8 Å². The summed E-state index contributed by atoms with van der Waals surface area (Å²) < 4.78 is 0.947. The van der Waals surface area contributed by atoms with Gasteiger partial charge in [0.2, 0.25) is 5.95 Å². The second-order valence-electron chi connectivity index (χ2n) is 5.53. The zero-order chi connectivity index (χ0) is 17.2. The highest BCUT2D eigenvalue weighted by molar-refractivity contribution is 9.10. The maximum Gasteiger partial charge on any atom is 0.258 e. The Hall–Kier alpha value is -2.99. The summed E-state index contributed by atoms with van der Waals surface area (Å²) in [5.74, 6) is 0.591. The Labute approximate surface area is 152 Å². The number of benzene rings is 3. The van der Waals surface area contributed by atoms with Crippen molar-refractivity contribution in [2.24, 2.45) is 0 Å². The molecule has 0 aliphatic rings. The van der Waals surface area contributed by atoms with Gasteiger partial charge in [-0.05, 0) is 35.0 Å². The summed E-state index contributed by atoms with van der Waals surface area (Å²) >= 11 is 3.43. The van der Waals surface area contributed by atoms with Gasteiger partial charge in [-0.1, -0.05) is 58.4 Å². The summed E-state index contributed by atoms with van der Waals surface area (Å²) in [6, 6.07) is 21.2. The summed E-state index contributed by atoms with van der Waals surface area (Å²) in [6.45, 7) is 0. The van der Waals surface area contributed by atoms with Crippen LogP contribution in [0, 0.1) is 0 Å². The molecule has 4 aromatic rings. The lowest BCUT2D eigenvalue weighted by molar-refractivity contribution is 0.102. The van der Waals surface area contributed by atoms with Crippen LogP contribution in [-0.2, 0) is 0 Å². The van der Waals surface area contributed by atoms with E-state index in [4.69, 9.17) is 0 Å². The van der Waals surface area contributed by atoms with Crippen LogP contribution in [0.3, 0.4) is 0 Å². The molecule has 3 aromatic carbocycles. The van der Waals surface area contributed by atoms with Gasteiger partial charge in [-0.2, -0.15) is 4.98 Å². The SMILES string of the molecule is O=C(Nc1n[nH]c(-c2cccc(Br)c2)n1)c1ccc2ccccc2c1. The second kappa shape index (κ2) is 6.49. The molecule has 0 fully saturated rings. The topological polar surface area (TPSA) is 70.7 Å². The van der Waals surface area contributed by atoms with Crippen LogP contribution in [0.4, 0.5) is 5.95 Å². The highest BCUT2D eigenvalue weighted by Gasteiger charge is 2.11. The van der Waals surface area contributed by atoms with Crippen LogP contribution in [-0.4, -0.2) is 21.1 Å². The highest BCUT2D eigenvalue weighted by atomic mass is 79.9. The molecule has 6 heteroatoms. The molecule has 0 radical (unpaired) electrons. The second-order valence-corrected chi connectivity index (χ2v) is 6.45. The quantitative estimate of drug-likeness (QED) is 0.533. The van der Waals surface area contributed by atoms with Crippen LogP contribution < -0.4 is 5.32 Å². The molecule has 0 aliphatic carbocycles. The third-order valence-electron chi connectivity index (χ3n) is 3.82. The fraction of sp³-hybridized carbons (Fsp3) is 0. The van der Waals surface area contributed by atoms with Crippen molar-refractivity contribution in [1.82, 2.24) is 15.2 Å². The van der Waals surface area contributed by atoms with Gasteiger partial charge in [0, 0.05) is 15.6 Å². The monoisotopic (exact) mass is 392 g/mol. The van der Waals surface area contributed by atoms with Gasteiger partial charge >= 0.3 is 0 Å². The predicted molar refractivity (Wildman–Crippen MR) is 101 cm³/mol. The minimum absolute atomic E-state index is 0.244. The first-order valence-electron chi connectivity index (χ1n) is 7.67. The number of carbonyl (C=O) groups excluding carboxylic acids is 1. The van der Waals surface area contributed by atoms with Crippen LogP contribution >= 0.6 is 15.9 Å². The van der Waals surface area contributed by atoms with Gasteiger partial charge in [-0.3, -0.25) is 15.2 Å². The molecule has 0 spiro atoms. The molecule has 1 heterocycles. The molecule has 5 nitrogen and oxygen atoms in total. The summed E-state index contributed by atoms with van der Waals surface area (Å²) in [4.78, 5) is 16.8. The van der Waals surface area contributed by atoms with E-state index in [0.29, 0.717) is 11.4 Å². The number of H-pyrrole nitrogens is 1. The number of aromatic amines is 1. The zero-order valence-electron chi connectivity index (χ0n) is 13.0. The number of carbonyl (C=O) groups is 1. The Morgan fingerprint density at radius 2 is 1.80 bits per heavy atom. The number of rotatable bonds is 3. The van der Waals surface area contributed by atoms with Crippen LogP contribution in [0.2, 0.25) is 0 Å². The van der Waals surface area contributed by atoms with Crippen molar-refractivity contribution in [2.45, 2.75) is 0 Å². The minimum atomic E-state index is -0.245. The van der Waals surface area contributed by atoms with Gasteiger partial charge in [-0.15, -0.1) is 5.10 Å². The predicted octanol–water partition coefficient (Wildman–Crippen LogP) is 4.64. The fourth-order valence-corrected chi connectivity index (χ4v) is 2.99. The first kappa shape index (κ1) is 15.5. The number of amides is 1. The lowest BCUT2D eigenvalue weighted by Gasteiger charge is -2.03. The first-order valence-corrected chi connectivity index (χ1v) is 8.47. The number of nitrogens with zero attached hydrogens (tertiary/aromatic N) is 2. The molecule has 2 N–H and O–H groups in total. The van der Waals surface area contributed by atoms with Gasteiger partial charge < -0.3 is 0 Å². The number of anilines is 1. The number of halogens is 1. The van der Waals surface area contributed by atoms with Gasteiger partial charge in [-0.25, -0.2) is 0 Å². The van der Waals surface area contributed by atoms with Crippen molar-refractivity contribution < 1.29 is 4.79 Å². The average molecular weight is 393 g/mol. The van der Waals surface area contributed by atoms with E-state index in [9.17, 15) is 4.79 Å². The van der Waals surface area contributed by atoms with Gasteiger partial charge in [0.25, 0.3) is 5.91 Å². The smallest absolute Gasteiger partial charge is 0.258 e. The normalized spacial score (nSPS) is 10.8. The van der Waals surface area contributed by atoms with E-state index >= 15 is 0 Å². The molecule has 0 aliphatic heterocycles. The third kappa shape index (κ3) is 3.29. The number of hydrogen-bond acceptors (Lipinski definition) is 3. The molecule has 4 rings (SSSR count). The van der Waals surface area contributed by atoms with Gasteiger partial charge in [0.15, 0.2) is 5.82 Å². The van der Waals surface area contributed by atoms with E-state index in [1.807, 2.05) is 60.7 Å². The van der Waals surface area contributed by atoms with E-state index < -0.39 is 0 Å². The van der Waals surface area contributed by atoms with Crippen LogP contribution in [0.5, 0.6) is 0 Å². The lowest BCUT2D eigenvalue weighted by atomic mass is 10.1. The fourth-order valence-electron chi connectivity index (χ4n) is 2.59. The van der Waals surface area contributed by atoms with Crippen molar-refractivity contribution in [3.63, 3.8) is 0 Å². The molecule has 0 saturated carbocycles. The van der Waals surface area contributed by atoms with E-state index in [-0.39, 0.29) is 11.9 Å². The Balaban J connectivity index is 1.56. The van der Waals surface area contributed by atoms with Crippen LogP contribution in [0.1, 0.15) is 10.4 Å². The summed E-state index contributed by atoms with van der Waals surface area (Å²) in [6.07, 6.45) is 0. The van der Waals surface area contributed by atoms with Crippen molar-refractivity contribution >= 4 is 38.6 Å². The Morgan fingerprint density at radius 1 is 0.960 bits per heavy atom. The summed E-state index contributed by atoms with van der Waals surface area (Å²) in [5, 5.41) is 11.7. The maximum absolute atomic E-state index is 12.4. The molecule has 25 heavy (non-hydrogen) atoms. The average Bonchev–Trinajstić information content (AvgIpc) is 3.10. The van der Waals surface area contributed by atoms with Crippen molar-refractivity contribution in [2.75, 3.05) is 5.32 Å². The summed E-state index contributed by atoms with van der Waals surface area (Å²) in [7, 11) is 0. The zero-order valence-corrected chi connectivity index (χ0v) is 14.6. The van der Waals surface area contributed by atoms with Crippen LogP contribution in [0.25, 0.3) is 22.2 Å². The molecule has 122 valence electrons. The number of nitrogens with one attached hydrogen (secondary N) is 2. The number of fused-ring (bicyclic) bond motifs is 1. The minimum Gasteiger partial charge on any atom is -0.289 e. The molecular weight excluding hydrogens is 380 g/mol. The van der Waals surface area contributed by atoms with Gasteiger partial charge in [0.1, 0.15) is 0 Å². The molecule has 0 atom stereocenters. The number of aromatic nitrogens is 3.